The maximum Gasteiger partial charge on any atom is 0.338 e. The number of hydrogen-bond donors (Lipinski definition) is 0. The topological polar surface area (TPSA) is 110 Å². The number of carbonyl (C=O) groups is 2. The van der Waals surface area contributed by atoms with Crippen LogP contribution < -0.4 is 24.7 Å². The van der Waals surface area contributed by atoms with Crippen LogP contribution in [0.2, 0.25) is 0 Å². The first kappa shape index (κ1) is 24.2. The first-order valence-corrected chi connectivity index (χ1v) is 11.9. The molecule has 1 aromatic heterocycles. The minimum Gasteiger partial charge on any atom is -0.545 e. The Morgan fingerprint density at radius 1 is 1.11 bits per heavy atom. The Labute approximate surface area is 205 Å². The molecule has 0 aliphatic carbocycles. The highest BCUT2D eigenvalue weighted by Gasteiger charge is 2.33. The van der Waals surface area contributed by atoms with E-state index >= 15 is 0 Å². The van der Waals surface area contributed by atoms with Crippen LogP contribution in [-0.4, -0.2) is 29.7 Å². The van der Waals surface area contributed by atoms with Crippen LogP contribution in [0.5, 0.6) is 5.75 Å². The van der Waals surface area contributed by atoms with Crippen LogP contribution in [0.1, 0.15) is 48.3 Å². The second-order valence-corrected chi connectivity index (χ2v) is 8.69. The van der Waals surface area contributed by atoms with Gasteiger partial charge in [-0.25, -0.2) is 9.79 Å². The zero-order chi connectivity index (χ0) is 25.1. The smallest absolute Gasteiger partial charge is 0.338 e. The van der Waals surface area contributed by atoms with E-state index in [4.69, 9.17) is 9.47 Å². The number of allylic oxidation sites excluding steroid dienone is 1. The van der Waals surface area contributed by atoms with E-state index in [2.05, 4.69) is 4.99 Å². The molecule has 1 atom stereocenters. The first-order chi connectivity index (χ1) is 16.8. The molecule has 0 saturated heterocycles. The third-order valence-electron chi connectivity index (χ3n) is 5.49. The predicted molar refractivity (Wildman–Crippen MR) is 129 cm³/mol. The number of ether oxygens (including phenoxy) is 2. The van der Waals surface area contributed by atoms with Gasteiger partial charge in [0, 0.05) is 5.56 Å². The molecule has 0 spiro atoms. The third kappa shape index (κ3) is 4.67. The lowest BCUT2D eigenvalue weighted by atomic mass is 9.96. The van der Waals surface area contributed by atoms with Crippen molar-refractivity contribution in [2.45, 2.75) is 26.8 Å². The van der Waals surface area contributed by atoms with Gasteiger partial charge in [-0.1, -0.05) is 47.7 Å². The molecule has 1 aliphatic rings. The quantitative estimate of drug-likeness (QED) is 0.464. The van der Waals surface area contributed by atoms with Crippen LogP contribution in [0.25, 0.3) is 6.08 Å². The monoisotopic (exact) mass is 491 g/mol. The largest absolute Gasteiger partial charge is 0.545 e. The van der Waals surface area contributed by atoms with E-state index in [0.717, 1.165) is 11.3 Å². The Balaban J connectivity index is 1.94. The standard InChI is InChI=1S/C26H24N2O6S/c1-4-33-18-12-10-16(11-13-18)22-21(25(32)34-5-2)15(3)27-26-28(22)23(29)20(35-26)14-17-8-6-7-9-19(17)24(30)31/h6-14,22H,4-5H2,1-3H3,(H,30,31)/p-1/b20-14-/t22-/m1/s1. The van der Waals surface area contributed by atoms with Crippen LogP contribution in [0.4, 0.5) is 0 Å². The minimum absolute atomic E-state index is 0.0233. The Morgan fingerprint density at radius 2 is 1.83 bits per heavy atom. The van der Waals surface area contributed by atoms with E-state index in [-0.39, 0.29) is 22.3 Å². The number of hydrogen-bond acceptors (Lipinski definition) is 8. The van der Waals surface area contributed by atoms with E-state index in [1.165, 1.54) is 16.7 Å². The molecule has 0 radical (unpaired) electrons. The molecule has 0 fully saturated rings. The number of fused-ring (bicyclic) bond motifs is 1. The molecule has 9 heteroatoms. The third-order valence-corrected chi connectivity index (χ3v) is 6.47. The van der Waals surface area contributed by atoms with E-state index in [1.54, 1.807) is 56.3 Å². The molecule has 4 rings (SSSR count). The summed E-state index contributed by atoms with van der Waals surface area (Å²) < 4.78 is 12.6. The van der Waals surface area contributed by atoms with Gasteiger partial charge < -0.3 is 19.4 Å². The molecule has 2 heterocycles. The van der Waals surface area contributed by atoms with Gasteiger partial charge >= 0.3 is 5.97 Å². The molecule has 0 bridgehead atoms. The summed E-state index contributed by atoms with van der Waals surface area (Å²) >= 11 is 1.12. The summed E-state index contributed by atoms with van der Waals surface area (Å²) in [6, 6.07) is 12.7. The van der Waals surface area contributed by atoms with Crippen molar-refractivity contribution in [3.63, 3.8) is 0 Å². The summed E-state index contributed by atoms with van der Waals surface area (Å²) in [5.74, 6) is -1.22. The summed E-state index contributed by atoms with van der Waals surface area (Å²) in [7, 11) is 0. The minimum atomic E-state index is -1.34. The van der Waals surface area contributed by atoms with Crippen molar-refractivity contribution >= 4 is 29.4 Å². The van der Waals surface area contributed by atoms with E-state index in [0.29, 0.717) is 34.0 Å². The van der Waals surface area contributed by atoms with Crippen molar-refractivity contribution in [1.29, 1.82) is 0 Å². The number of benzene rings is 2. The molecule has 0 unspecified atom stereocenters. The van der Waals surface area contributed by atoms with Crippen LogP contribution in [0, 0.1) is 0 Å². The number of aromatic carboxylic acids is 1. The van der Waals surface area contributed by atoms with Crippen LogP contribution >= 0.6 is 11.3 Å². The molecule has 180 valence electrons. The molecular weight excluding hydrogens is 468 g/mol. The number of rotatable bonds is 7. The number of nitrogens with zero attached hydrogens (tertiary/aromatic N) is 2. The maximum absolute atomic E-state index is 13.6. The van der Waals surface area contributed by atoms with Gasteiger partial charge in [-0.05, 0) is 50.1 Å². The number of thiazole rings is 1. The molecular formula is C26H23N2O6S-. The molecule has 2 aromatic carbocycles. The molecule has 8 nitrogen and oxygen atoms in total. The summed E-state index contributed by atoms with van der Waals surface area (Å²) in [5.41, 5.74) is 1.33. The number of carbonyl (C=O) groups excluding carboxylic acids is 2. The van der Waals surface area contributed by atoms with Crippen molar-refractivity contribution in [2.75, 3.05) is 13.2 Å². The fraction of sp³-hybridized carbons (Fsp3) is 0.231. The number of carboxylic acid groups (broad SMARTS) is 1. The van der Waals surface area contributed by atoms with Gasteiger partial charge in [0.15, 0.2) is 4.80 Å². The van der Waals surface area contributed by atoms with Crippen molar-refractivity contribution < 1.29 is 24.2 Å². The van der Waals surface area contributed by atoms with Crippen molar-refractivity contribution in [2.24, 2.45) is 4.99 Å². The molecule has 0 amide bonds. The molecule has 1 aliphatic heterocycles. The zero-order valence-electron chi connectivity index (χ0n) is 19.4. The van der Waals surface area contributed by atoms with Gasteiger partial charge in [-0.15, -0.1) is 0 Å². The predicted octanol–water partition coefficient (Wildman–Crippen LogP) is 1.56. The van der Waals surface area contributed by atoms with Gasteiger partial charge in [0.25, 0.3) is 5.56 Å². The lowest BCUT2D eigenvalue weighted by molar-refractivity contribution is -0.255. The Bertz CT molecular complexity index is 1500. The number of carboxylic acids is 1. The summed E-state index contributed by atoms with van der Waals surface area (Å²) in [5, 5.41) is 11.5. The molecule has 0 saturated carbocycles. The Kier molecular flexibility index (Phi) is 6.97. The molecule has 35 heavy (non-hydrogen) atoms. The highest BCUT2D eigenvalue weighted by atomic mass is 32.1. The van der Waals surface area contributed by atoms with Crippen LogP contribution in [0.15, 0.2) is 69.6 Å². The maximum atomic E-state index is 13.6. The number of aromatic nitrogens is 1. The highest BCUT2D eigenvalue weighted by Crippen LogP contribution is 2.31. The fourth-order valence-electron chi connectivity index (χ4n) is 3.97. The van der Waals surface area contributed by atoms with E-state index in [9.17, 15) is 19.5 Å². The lowest BCUT2D eigenvalue weighted by Gasteiger charge is -2.24. The number of esters is 1. The van der Waals surface area contributed by atoms with Crippen molar-refractivity contribution in [3.8, 4) is 5.75 Å². The average Bonchev–Trinajstić information content (AvgIpc) is 3.13. The van der Waals surface area contributed by atoms with Gasteiger partial charge in [-0.2, -0.15) is 0 Å². The Morgan fingerprint density at radius 3 is 2.49 bits per heavy atom. The van der Waals surface area contributed by atoms with Gasteiger partial charge in [0.2, 0.25) is 0 Å². The average molecular weight is 492 g/mol. The molecule has 0 N–H and O–H groups in total. The summed E-state index contributed by atoms with van der Waals surface area (Å²) in [4.78, 5) is 43.0. The van der Waals surface area contributed by atoms with Crippen molar-refractivity contribution in [3.05, 3.63) is 96.2 Å². The first-order valence-electron chi connectivity index (χ1n) is 11.1. The lowest BCUT2D eigenvalue weighted by Crippen LogP contribution is -2.40. The Hall–Kier alpha value is -3.98. The zero-order valence-corrected chi connectivity index (χ0v) is 20.3. The van der Waals surface area contributed by atoms with Gasteiger partial charge in [0.1, 0.15) is 5.75 Å². The van der Waals surface area contributed by atoms with E-state index in [1.807, 2.05) is 6.92 Å². The van der Waals surface area contributed by atoms with Gasteiger partial charge in [-0.3, -0.25) is 9.36 Å². The second-order valence-electron chi connectivity index (χ2n) is 7.68. The highest BCUT2D eigenvalue weighted by molar-refractivity contribution is 7.07. The van der Waals surface area contributed by atoms with Crippen LogP contribution in [0.3, 0.4) is 0 Å². The second kappa shape index (κ2) is 10.1. The summed E-state index contributed by atoms with van der Waals surface area (Å²) in [6.07, 6.45) is 1.51. The normalized spacial score (nSPS) is 15.4. The SMILES string of the molecule is CCOC(=O)C1=C(C)N=c2s/c(=C\c3ccccc3C(=O)[O-])c(=O)n2[C@@H]1c1ccc(OCC)cc1. The van der Waals surface area contributed by atoms with Crippen molar-refractivity contribution in [1.82, 2.24) is 4.57 Å². The van der Waals surface area contributed by atoms with Crippen LogP contribution in [-0.2, 0) is 9.53 Å². The van der Waals surface area contributed by atoms with Gasteiger partial charge in [0.05, 0.1) is 41.0 Å². The molecule has 3 aromatic rings. The summed E-state index contributed by atoms with van der Waals surface area (Å²) in [6.45, 7) is 5.99. The fourth-order valence-corrected chi connectivity index (χ4v) is 5.01. The van der Waals surface area contributed by atoms with E-state index < -0.39 is 23.5 Å².